The zero-order valence-electron chi connectivity index (χ0n) is 19.1. The molecule has 2 aromatic carbocycles. The lowest BCUT2D eigenvalue weighted by atomic mass is 10.1. The van der Waals surface area contributed by atoms with Gasteiger partial charge < -0.3 is 14.8 Å². The Labute approximate surface area is 200 Å². The number of nitrogens with one attached hydrogen (secondary N) is 1. The van der Waals surface area contributed by atoms with Crippen molar-refractivity contribution < 1.29 is 37.0 Å². The molecule has 0 aromatic heterocycles. The number of benzene rings is 2. The van der Waals surface area contributed by atoms with Crippen LogP contribution in [0.4, 0.5) is 13.2 Å². The van der Waals surface area contributed by atoms with Gasteiger partial charge in [0.15, 0.2) is 11.5 Å². The zero-order chi connectivity index (χ0) is 25.2. The highest BCUT2D eigenvalue weighted by molar-refractivity contribution is 6.08. The Hall–Kier alpha value is -3.56. The Morgan fingerprint density at radius 3 is 2.37 bits per heavy atom. The molecule has 4 rings (SSSR count). The van der Waals surface area contributed by atoms with Crippen molar-refractivity contribution in [2.75, 3.05) is 7.11 Å². The molecule has 10 heteroatoms. The molecular weight excluding hydrogens is 465 g/mol. The normalized spacial score (nSPS) is 18.7. The first kappa shape index (κ1) is 24.6. The van der Waals surface area contributed by atoms with E-state index in [0.717, 1.165) is 42.7 Å². The Bertz CT molecular complexity index is 1110. The van der Waals surface area contributed by atoms with Crippen molar-refractivity contribution in [2.24, 2.45) is 0 Å². The smallest absolute Gasteiger partial charge is 0.416 e. The van der Waals surface area contributed by atoms with Crippen LogP contribution < -0.4 is 14.8 Å². The van der Waals surface area contributed by atoms with Crippen LogP contribution in [0, 0.1) is 0 Å². The van der Waals surface area contributed by atoms with Gasteiger partial charge in [0.05, 0.1) is 31.7 Å². The third kappa shape index (κ3) is 5.58. The van der Waals surface area contributed by atoms with Crippen LogP contribution in [-0.4, -0.2) is 41.9 Å². The summed E-state index contributed by atoms with van der Waals surface area (Å²) in [5, 5.41) is 2.58. The molecule has 1 N–H and O–H groups in total. The maximum absolute atomic E-state index is 12.8. The number of rotatable bonds is 7. The number of hydrogen-bond acceptors (Lipinski definition) is 5. The summed E-state index contributed by atoms with van der Waals surface area (Å²) in [5.74, 6) is -0.751. The van der Waals surface area contributed by atoms with Gasteiger partial charge in [-0.2, -0.15) is 13.2 Å². The van der Waals surface area contributed by atoms with Gasteiger partial charge in [-0.1, -0.05) is 12.1 Å². The molecule has 186 valence electrons. The largest absolute Gasteiger partial charge is 0.493 e. The van der Waals surface area contributed by atoms with Gasteiger partial charge >= 0.3 is 6.18 Å². The summed E-state index contributed by atoms with van der Waals surface area (Å²) in [6, 6.07) is 7.87. The summed E-state index contributed by atoms with van der Waals surface area (Å²) in [4.78, 5) is 39.0. The second-order valence-electron chi connectivity index (χ2n) is 8.63. The van der Waals surface area contributed by atoms with E-state index in [0.29, 0.717) is 17.1 Å². The Balaban J connectivity index is 1.41. The van der Waals surface area contributed by atoms with E-state index in [1.54, 1.807) is 12.1 Å². The van der Waals surface area contributed by atoms with E-state index in [1.165, 1.54) is 25.3 Å². The van der Waals surface area contributed by atoms with Crippen LogP contribution in [0.5, 0.6) is 11.5 Å². The molecule has 1 saturated heterocycles. The van der Waals surface area contributed by atoms with Crippen molar-refractivity contribution in [3.05, 3.63) is 59.2 Å². The van der Waals surface area contributed by atoms with Crippen LogP contribution in [0.3, 0.4) is 0 Å². The van der Waals surface area contributed by atoms with Gasteiger partial charge in [-0.25, -0.2) is 0 Å². The van der Waals surface area contributed by atoms with Crippen molar-refractivity contribution in [3.8, 4) is 11.5 Å². The number of ether oxygens (including phenoxy) is 2. The Morgan fingerprint density at radius 1 is 1.06 bits per heavy atom. The number of hydrogen-bond donors (Lipinski definition) is 1. The van der Waals surface area contributed by atoms with E-state index < -0.39 is 35.5 Å². The van der Waals surface area contributed by atoms with Gasteiger partial charge in [-0.05, 0) is 61.6 Å². The monoisotopic (exact) mass is 490 g/mol. The van der Waals surface area contributed by atoms with Crippen molar-refractivity contribution in [3.63, 3.8) is 0 Å². The molecule has 2 aromatic rings. The molecule has 1 aliphatic heterocycles. The van der Waals surface area contributed by atoms with Crippen molar-refractivity contribution in [2.45, 2.75) is 57.0 Å². The van der Waals surface area contributed by atoms with Crippen LogP contribution in [0.15, 0.2) is 42.5 Å². The molecular formula is C25H25F3N2O5. The zero-order valence-corrected chi connectivity index (χ0v) is 19.1. The van der Waals surface area contributed by atoms with E-state index in [9.17, 15) is 27.6 Å². The molecule has 1 atom stereocenters. The molecule has 1 aliphatic carbocycles. The lowest BCUT2D eigenvalue weighted by molar-refractivity contribution is -0.140. The van der Waals surface area contributed by atoms with Gasteiger partial charge in [0.2, 0.25) is 5.91 Å². The summed E-state index contributed by atoms with van der Waals surface area (Å²) < 4.78 is 49.6. The number of amides is 3. The molecule has 1 saturated carbocycles. The van der Waals surface area contributed by atoms with E-state index in [1.807, 2.05) is 0 Å². The van der Waals surface area contributed by atoms with Crippen LogP contribution in [0.25, 0.3) is 0 Å². The fourth-order valence-corrected chi connectivity index (χ4v) is 4.28. The Morgan fingerprint density at radius 2 is 1.74 bits per heavy atom. The number of likely N-dealkylation sites (tertiary alicyclic amines) is 1. The molecule has 2 fully saturated rings. The van der Waals surface area contributed by atoms with Gasteiger partial charge in [0, 0.05) is 5.56 Å². The Kier molecular flexibility index (Phi) is 7.00. The van der Waals surface area contributed by atoms with Gasteiger partial charge in [-0.3, -0.25) is 19.3 Å². The number of methoxy groups -OCH3 is 1. The number of carbonyl (C=O) groups is 3. The first-order valence-corrected chi connectivity index (χ1v) is 11.3. The van der Waals surface area contributed by atoms with Crippen LogP contribution in [-0.2, 0) is 22.3 Å². The molecule has 0 radical (unpaired) electrons. The fraction of sp³-hybridized carbons (Fsp3) is 0.400. The number of alkyl halides is 3. The number of imide groups is 1. The summed E-state index contributed by atoms with van der Waals surface area (Å²) in [6.45, 7) is -0.177. The maximum Gasteiger partial charge on any atom is 0.416 e. The SMILES string of the molecule is COc1ccc(C(=O)N[C@@H]2CC(=O)N(Cc3ccc(C(F)(F)F)cc3)C2=O)cc1OC1CCCC1. The molecule has 0 spiro atoms. The summed E-state index contributed by atoms with van der Waals surface area (Å²) in [6.07, 6.45) is -0.652. The van der Waals surface area contributed by atoms with Gasteiger partial charge in [-0.15, -0.1) is 0 Å². The molecule has 0 unspecified atom stereocenters. The minimum absolute atomic E-state index is 0.0509. The average molecular weight is 490 g/mol. The predicted octanol–water partition coefficient (Wildman–Crippen LogP) is 4.09. The number of carbonyl (C=O) groups excluding carboxylic acids is 3. The second-order valence-corrected chi connectivity index (χ2v) is 8.63. The summed E-state index contributed by atoms with van der Waals surface area (Å²) in [7, 11) is 1.50. The third-order valence-corrected chi connectivity index (χ3v) is 6.19. The molecule has 2 aliphatic rings. The first-order chi connectivity index (χ1) is 16.7. The lowest BCUT2D eigenvalue weighted by Crippen LogP contribution is -2.41. The minimum Gasteiger partial charge on any atom is -0.493 e. The molecule has 3 amide bonds. The fourth-order valence-electron chi connectivity index (χ4n) is 4.28. The molecule has 7 nitrogen and oxygen atoms in total. The standard InChI is InChI=1S/C25H25F3N2O5/c1-34-20-11-8-16(12-21(20)35-18-4-2-3-5-18)23(32)29-19-13-22(31)30(24(19)33)14-15-6-9-17(10-7-15)25(26,27)28/h6-12,18-19H,2-5,13-14H2,1H3,(H,29,32)/t19-/m1/s1. The van der Waals surface area contributed by atoms with Crippen LogP contribution in [0.2, 0.25) is 0 Å². The van der Waals surface area contributed by atoms with Gasteiger partial charge in [0.25, 0.3) is 11.8 Å². The van der Waals surface area contributed by atoms with E-state index in [-0.39, 0.29) is 24.6 Å². The lowest BCUT2D eigenvalue weighted by Gasteiger charge is -2.18. The van der Waals surface area contributed by atoms with Crippen molar-refractivity contribution >= 4 is 17.7 Å². The van der Waals surface area contributed by atoms with Crippen molar-refractivity contribution in [1.82, 2.24) is 10.2 Å². The van der Waals surface area contributed by atoms with E-state index >= 15 is 0 Å². The topological polar surface area (TPSA) is 84.9 Å². The summed E-state index contributed by atoms with van der Waals surface area (Å²) in [5.41, 5.74) is -0.197. The number of nitrogens with zero attached hydrogens (tertiary/aromatic N) is 1. The van der Waals surface area contributed by atoms with Crippen LogP contribution >= 0.6 is 0 Å². The second kappa shape index (κ2) is 9.97. The van der Waals surface area contributed by atoms with Gasteiger partial charge in [0.1, 0.15) is 6.04 Å². The quantitative estimate of drug-likeness (QED) is 0.591. The van der Waals surface area contributed by atoms with Crippen LogP contribution in [0.1, 0.15) is 53.6 Å². The van der Waals surface area contributed by atoms with E-state index in [4.69, 9.17) is 9.47 Å². The highest BCUT2D eigenvalue weighted by Crippen LogP contribution is 2.33. The molecule has 1 heterocycles. The first-order valence-electron chi connectivity index (χ1n) is 11.3. The molecule has 0 bridgehead atoms. The van der Waals surface area contributed by atoms with E-state index in [2.05, 4.69) is 5.32 Å². The maximum atomic E-state index is 12.8. The minimum atomic E-state index is -4.48. The predicted molar refractivity (Wildman–Crippen MR) is 119 cm³/mol. The number of halogens is 3. The highest BCUT2D eigenvalue weighted by atomic mass is 19.4. The highest BCUT2D eigenvalue weighted by Gasteiger charge is 2.39. The van der Waals surface area contributed by atoms with Crippen molar-refractivity contribution in [1.29, 1.82) is 0 Å². The molecule has 35 heavy (non-hydrogen) atoms. The third-order valence-electron chi connectivity index (χ3n) is 6.19. The average Bonchev–Trinajstić information content (AvgIpc) is 3.42. The summed E-state index contributed by atoms with van der Waals surface area (Å²) >= 11 is 0.